The zero-order valence-corrected chi connectivity index (χ0v) is 19.7. The molecule has 1 atom stereocenters. The van der Waals surface area contributed by atoms with Gasteiger partial charge in [0, 0.05) is 30.4 Å². The summed E-state index contributed by atoms with van der Waals surface area (Å²) >= 11 is 3.27. The molecule has 5 nitrogen and oxygen atoms in total. The molecule has 0 aliphatic carbocycles. The van der Waals surface area contributed by atoms with E-state index in [4.69, 9.17) is 0 Å². The van der Waals surface area contributed by atoms with Gasteiger partial charge in [-0.25, -0.2) is 0 Å². The van der Waals surface area contributed by atoms with Crippen molar-refractivity contribution in [3.63, 3.8) is 0 Å². The fourth-order valence-corrected chi connectivity index (χ4v) is 5.77. The Morgan fingerprint density at radius 1 is 1.16 bits per heavy atom. The Morgan fingerprint density at radius 2 is 2.03 bits per heavy atom. The molecule has 1 aliphatic rings. The lowest BCUT2D eigenvalue weighted by atomic mass is 10.0. The summed E-state index contributed by atoms with van der Waals surface area (Å²) in [7, 11) is 0. The summed E-state index contributed by atoms with van der Waals surface area (Å²) in [4.78, 5) is 16.3. The van der Waals surface area contributed by atoms with Crippen LogP contribution in [0.5, 0.6) is 0 Å². The number of hydrogen-bond acceptors (Lipinski definition) is 5. The summed E-state index contributed by atoms with van der Waals surface area (Å²) in [5.74, 6) is 1.63. The predicted molar refractivity (Wildman–Crippen MR) is 128 cm³/mol. The maximum Gasteiger partial charge on any atom is 0.233 e. The molecule has 1 fully saturated rings. The van der Waals surface area contributed by atoms with Crippen molar-refractivity contribution in [2.24, 2.45) is 0 Å². The quantitative estimate of drug-likeness (QED) is 0.424. The SMILES string of the molecule is CCC1CCCCN1C(=O)CSc1nnc(Cc2cccs2)n1CCc1ccccc1. The standard InChI is InChI=1S/C24H30N4OS2/c1-2-20-11-6-7-14-27(20)23(29)18-31-24-26-25-22(17-21-12-8-16-30-21)28(24)15-13-19-9-4-3-5-10-19/h3-5,8-10,12,16,20H,2,6-7,11,13-15,17-18H2,1H3. The van der Waals surface area contributed by atoms with Crippen LogP contribution in [0, 0.1) is 0 Å². The first-order chi connectivity index (χ1) is 15.2. The summed E-state index contributed by atoms with van der Waals surface area (Å²) < 4.78 is 2.21. The number of piperidine rings is 1. The lowest BCUT2D eigenvalue weighted by molar-refractivity contribution is -0.132. The van der Waals surface area contributed by atoms with Gasteiger partial charge in [0.15, 0.2) is 5.16 Å². The fraction of sp³-hybridized carbons (Fsp3) is 0.458. The molecule has 1 unspecified atom stereocenters. The van der Waals surface area contributed by atoms with Crippen molar-refractivity contribution in [3.8, 4) is 0 Å². The number of benzene rings is 1. The highest BCUT2D eigenvalue weighted by Crippen LogP contribution is 2.24. The molecule has 2 aromatic heterocycles. The van der Waals surface area contributed by atoms with Crippen LogP contribution in [0.1, 0.15) is 48.9 Å². The van der Waals surface area contributed by atoms with Gasteiger partial charge in [0.25, 0.3) is 0 Å². The van der Waals surface area contributed by atoms with E-state index >= 15 is 0 Å². The molecule has 1 aromatic carbocycles. The van der Waals surface area contributed by atoms with Crippen molar-refractivity contribution >= 4 is 29.0 Å². The van der Waals surface area contributed by atoms with Gasteiger partial charge in [-0.05, 0) is 49.1 Å². The molecule has 0 saturated carbocycles. The topological polar surface area (TPSA) is 51.0 Å². The first-order valence-electron chi connectivity index (χ1n) is 11.1. The van der Waals surface area contributed by atoms with E-state index in [1.54, 1.807) is 11.3 Å². The smallest absolute Gasteiger partial charge is 0.233 e. The van der Waals surface area contributed by atoms with Crippen molar-refractivity contribution < 1.29 is 4.79 Å². The maximum atomic E-state index is 12.9. The Labute approximate surface area is 192 Å². The molecule has 0 spiro atoms. The molecule has 0 radical (unpaired) electrons. The molecule has 1 saturated heterocycles. The minimum absolute atomic E-state index is 0.231. The van der Waals surface area contributed by atoms with Gasteiger partial charge in [-0.15, -0.1) is 21.5 Å². The van der Waals surface area contributed by atoms with Gasteiger partial charge in [-0.3, -0.25) is 4.79 Å². The van der Waals surface area contributed by atoms with Crippen molar-refractivity contribution in [2.75, 3.05) is 12.3 Å². The number of likely N-dealkylation sites (tertiary alicyclic amines) is 1. The number of thioether (sulfide) groups is 1. The predicted octanol–water partition coefficient (Wildman–Crippen LogP) is 5.06. The minimum atomic E-state index is 0.231. The molecule has 1 aliphatic heterocycles. The van der Waals surface area contributed by atoms with Crippen molar-refractivity contribution in [2.45, 2.75) is 63.2 Å². The number of aryl methyl sites for hydroxylation is 1. The van der Waals surface area contributed by atoms with Gasteiger partial charge < -0.3 is 9.47 Å². The van der Waals surface area contributed by atoms with E-state index in [1.807, 2.05) is 6.07 Å². The molecule has 164 valence electrons. The number of hydrogen-bond donors (Lipinski definition) is 0. The van der Waals surface area contributed by atoms with Crippen molar-refractivity contribution in [3.05, 3.63) is 64.1 Å². The Hall–Kier alpha value is -2.12. The lowest BCUT2D eigenvalue weighted by Gasteiger charge is -2.35. The number of amides is 1. The van der Waals surface area contributed by atoms with Crippen LogP contribution in [0.15, 0.2) is 53.0 Å². The molecule has 3 aromatic rings. The lowest BCUT2D eigenvalue weighted by Crippen LogP contribution is -2.44. The van der Waals surface area contributed by atoms with Gasteiger partial charge in [-0.1, -0.05) is 55.1 Å². The van der Waals surface area contributed by atoms with Gasteiger partial charge >= 0.3 is 0 Å². The number of thiophene rings is 1. The summed E-state index contributed by atoms with van der Waals surface area (Å²) in [6.45, 7) is 3.89. The van der Waals surface area contributed by atoms with E-state index < -0.39 is 0 Å². The molecular weight excluding hydrogens is 424 g/mol. The van der Waals surface area contributed by atoms with Gasteiger partial charge in [-0.2, -0.15) is 0 Å². The Kier molecular flexibility index (Phi) is 7.81. The summed E-state index contributed by atoms with van der Waals surface area (Å²) in [5.41, 5.74) is 1.30. The van der Waals surface area contributed by atoms with Gasteiger partial charge in [0.05, 0.1) is 5.75 Å². The highest BCUT2D eigenvalue weighted by Gasteiger charge is 2.26. The highest BCUT2D eigenvalue weighted by atomic mass is 32.2. The number of aromatic nitrogens is 3. The average molecular weight is 455 g/mol. The molecule has 4 rings (SSSR count). The Bertz CT molecular complexity index is 955. The fourth-order valence-electron chi connectivity index (χ4n) is 4.20. The van der Waals surface area contributed by atoms with Crippen LogP contribution in [0.25, 0.3) is 0 Å². The van der Waals surface area contributed by atoms with E-state index in [0.29, 0.717) is 11.8 Å². The maximum absolute atomic E-state index is 12.9. The van der Waals surface area contributed by atoms with Crippen LogP contribution in [0.2, 0.25) is 0 Å². The normalized spacial score (nSPS) is 16.5. The van der Waals surface area contributed by atoms with E-state index in [0.717, 1.165) is 56.2 Å². The second-order valence-electron chi connectivity index (χ2n) is 7.98. The summed E-state index contributed by atoms with van der Waals surface area (Å²) in [5, 5.41) is 11.9. The monoisotopic (exact) mass is 454 g/mol. The number of carbonyl (C=O) groups is 1. The first-order valence-corrected chi connectivity index (χ1v) is 13.0. The second kappa shape index (κ2) is 11.0. The molecular formula is C24H30N4OS2. The van der Waals surface area contributed by atoms with E-state index in [9.17, 15) is 4.79 Å². The van der Waals surface area contributed by atoms with Crippen molar-refractivity contribution in [1.29, 1.82) is 0 Å². The van der Waals surface area contributed by atoms with E-state index in [2.05, 4.69) is 68.4 Å². The van der Waals surface area contributed by atoms with Crippen molar-refractivity contribution in [1.82, 2.24) is 19.7 Å². The molecule has 0 bridgehead atoms. The van der Waals surface area contributed by atoms with Gasteiger partial charge in [0.2, 0.25) is 5.91 Å². The van der Waals surface area contributed by atoms with E-state index in [1.165, 1.54) is 28.6 Å². The molecule has 0 N–H and O–H groups in total. The van der Waals surface area contributed by atoms with Crippen LogP contribution in [-0.2, 0) is 24.2 Å². The number of rotatable bonds is 9. The third-order valence-electron chi connectivity index (χ3n) is 5.92. The third-order valence-corrected chi connectivity index (χ3v) is 7.74. The van der Waals surface area contributed by atoms with E-state index in [-0.39, 0.29) is 5.91 Å². The molecule has 31 heavy (non-hydrogen) atoms. The zero-order chi connectivity index (χ0) is 21.5. The zero-order valence-electron chi connectivity index (χ0n) is 18.1. The number of carbonyl (C=O) groups excluding carboxylic acids is 1. The van der Waals surface area contributed by atoms with Crippen LogP contribution in [0.4, 0.5) is 0 Å². The largest absolute Gasteiger partial charge is 0.339 e. The Morgan fingerprint density at radius 3 is 2.81 bits per heavy atom. The third kappa shape index (κ3) is 5.77. The van der Waals surface area contributed by atoms with Crippen LogP contribution in [-0.4, -0.2) is 43.9 Å². The Balaban J connectivity index is 1.46. The van der Waals surface area contributed by atoms with Crippen LogP contribution >= 0.6 is 23.1 Å². The number of nitrogens with zero attached hydrogens (tertiary/aromatic N) is 4. The summed E-state index contributed by atoms with van der Waals surface area (Å²) in [6.07, 6.45) is 6.21. The van der Waals surface area contributed by atoms with Gasteiger partial charge in [0.1, 0.15) is 5.82 Å². The summed E-state index contributed by atoms with van der Waals surface area (Å²) in [6, 6.07) is 15.1. The molecule has 3 heterocycles. The highest BCUT2D eigenvalue weighted by molar-refractivity contribution is 7.99. The minimum Gasteiger partial charge on any atom is -0.339 e. The average Bonchev–Trinajstić information content (AvgIpc) is 3.47. The second-order valence-corrected chi connectivity index (χ2v) is 9.95. The molecule has 7 heteroatoms. The van der Waals surface area contributed by atoms with Crippen LogP contribution < -0.4 is 0 Å². The van der Waals surface area contributed by atoms with Crippen LogP contribution in [0.3, 0.4) is 0 Å². The first kappa shape index (κ1) is 22.1. The molecule has 1 amide bonds.